The Morgan fingerprint density at radius 3 is 2.28 bits per heavy atom. The van der Waals surface area contributed by atoms with Gasteiger partial charge in [0, 0.05) is 24.9 Å². The number of carboxylic acid groups (broad SMARTS) is 1. The average molecular weight is 647 g/mol. The van der Waals surface area contributed by atoms with Crippen molar-refractivity contribution in [2.45, 2.75) is 137 Å². The van der Waals surface area contributed by atoms with E-state index in [2.05, 4.69) is 58.9 Å². The number of rotatable bonds is 6. The summed E-state index contributed by atoms with van der Waals surface area (Å²) in [6, 6.07) is 9.08. The third-order valence-corrected chi connectivity index (χ3v) is 18.1. The second kappa shape index (κ2) is 10.3. The molecule has 1 aromatic carbocycles. The number of hydrogen-bond donors (Lipinski definition) is 2. The molecule has 0 radical (unpaired) electrons. The van der Waals surface area contributed by atoms with Crippen LogP contribution in [-0.2, 0) is 27.1 Å². The number of benzene rings is 1. The van der Waals surface area contributed by atoms with E-state index in [0.717, 1.165) is 51.6 Å². The van der Waals surface area contributed by atoms with Crippen molar-refractivity contribution >= 4 is 5.97 Å². The second-order valence-corrected chi connectivity index (χ2v) is 19.5. The summed E-state index contributed by atoms with van der Waals surface area (Å²) in [5, 5.41) is 22.7. The Morgan fingerprint density at radius 2 is 1.57 bits per heavy atom. The fourth-order valence-corrected chi connectivity index (χ4v) is 15.4. The zero-order valence-corrected chi connectivity index (χ0v) is 30.4. The maximum atomic E-state index is 12.7. The fourth-order valence-electron chi connectivity index (χ4n) is 15.4. The molecule has 1 aliphatic heterocycles. The summed E-state index contributed by atoms with van der Waals surface area (Å²) in [6.45, 7) is 15.7. The lowest BCUT2D eigenvalue weighted by Crippen LogP contribution is -2.73. The number of aliphatic hydroxyl groups is 1. The summed E-state index contributed by atoms with van der Waals surface area (Å²) in [7, 11) is 1.76. The molecule has 8 rings (SSSR count). The normalized spacial score (nSPS) is 54.3. The van der Waals surface area contributed by atoms with Gasteiger partial charge in [0.15, 0.2) is 5.79 Å². The van der Waals surface area contributed by atoms with Crippen molar-refractivity contribution in [3.63, 3.8) is 0 Å². The maximum absolute atomic E-state index is 12.7. The molecule has 5 heteroatoms. The van der Waals surface area contributed by atoms with Gasteiger partial charge in [-0.3, -0.25) is 4.79 Å². The van der Waals surface area contributed by atoms with E-state index in [1.165, 1.54) is 49.7 Å². The predicted molar refractivity (Wildman–Crippen MR) is 184 cm³/mol. The summed E-state index contributed by atoms with van der Waals surface area (Å²) in [4.78, 5) is 12.7. The van der Waals surface area contributed by atoms with Gasteiger partial charge in [-0.1, -0.05) is 58.9 Å². The number of hydrogen-bond acceptors (Lipinski definition) is 4. The molecular formula is C42H62O5. The van der Waals surface area contributed by atoms with Crippen LogP contribution in [0.25, 0.3) is 0 Å². The van der Waals surface area contributed by atoms with E-state index < -0.39 is 17.2 Å². The third kappa shape index (κ3) is 4.09. The number of fused-ring (bicyclic) bond motifs is 5. The van der Waals surface area contributed by atoms with Gasteiger partial charge in [0.2, 0.25) is 0 Å². The molecule has 0 unspecified atom stereocenters. The molecule has 2 bridgehead atoms. The van der Waals surface area contributed by atoms with Crippen LogP contribution in [0.3, 0.4) is 0 Å². The molecule has 14 atom stereocenters. The molecule has 1 spiro atoms. The molecule has 7 aliphatic rings. The van der Waals surface area contributed by atoms with Gasteiger partial charge in [-0.2, -0.15) is 0 Å². The quantitative estimate of drug-likeness (QED) is 0.323. The Labute approximate surface area is 284 Å². The zero-order valence-electron chi connectivity index (χ0n) is 30.4. The van der Waals surface area contributed by atoms with E-state index in [1.54, 1.807) is 7.11 Å². The minimum absolute atomic E-state index is 0.0175. The van der Waals surface area contributed by atoms with Gasteiger partial charge in [-0.15, -0.1) is 0 Å². The highest BCUT2D eigenvalue weighted by Gasteiger charge is 2.80. The highest BCUT2D eigenvalue weighted by Crippen LogP contribution is 2.83. The van der Waals surface area contributed by atoms with Crippen LogP contribution in [0.5, 0.6) is 0 Å². The topological polar surface area (TPSA) is 76.0 Å². The van der Waals surface area contributed by atoms with E-state index in [4.69, 9.17) is 9.47 Å². The molecular weight excluding hydrogens is 584 g/mol. The van der Waals surface area contributed by atoms with Gasteiger partial charge in [0.05, 0.1) is 18.1 Å². The first-order chi connectivity index (χ1) is 22.1. The molecule has 5 nitrogen and oxygen atoms in total. The van der Waals surface area contributed by atoms with E-state index in [1.807, 2.05) is 6.92 Å². The van der Waals surface area contributed by atoms with E-state index >= 15 is 0 Å². The monoisotopic (exact) mass is 646 g/mol. The van der Waals surface area contributed by atoms with Crippen LogP contribution in [0.2, 0.25) is 0 Å². The van der Waals surface area contributed by atoms with Crippen LogP contribution in [0.1, 0.15) is 123 Å². The molecule has 6 saturated carbocycles. The van der Waals surface area contributed by atoms with Gasteiger partial charge in [0.25, 0.3) is 0 Å². The Kier molecular flexibility index (Phi) is 7.19. The Hall–Kier alpha value is -1.43. The SMILES string of the molecule is COCCc1ccc(C[C@@H]2O[C@@]3(O)C[C@@H]4CC[C@H]5C[C@@]6(C)[C@@H]7C[C@](C)(C(=O)O)CC[C@]7(C)CC[C@]6(C)[C@H]6CC[C@]2([C@H]3C)[C@@H]4[C@]56C)cc1. The number of ether oxygens (including phenoxy) is 2. The first-order valence-electron chi connectivity index (χ1n) is 19.3. The molecule has 1 saturated heterocycles. The standard InChI is InChI=1S/C42H62O5/c1-26-41-16-14-31-38(4)20-19-36(2)17-18-37(3,35(43)44)25-32(36)39(38,5)24-30-13-12-29(34(41)40(30,31)6)23-42(26,45)47-33(41)22-28-10-8-27(9-11-28)15-21-46-7/h8-11,26,29-34,45H,12-25H2,1-7H3,(H,43,44)/t26-,29+,30+,31-,32-,33+,34+,36-,37-,38-,39+,40-,41-,42+/m1/s1. The first-order valence-corrected chi connectivity index (χ1v) is 19.3. The lowest BCUT2D eigenvalue weighted by molar-refractivity contribution is -0.309. The maximum Gasteiger partial charge on any atom is 0.309 e. The molecule has 1 aromatic rings. The molecule has 2 N–H and O–H groups in total. The molecule has 47 heavy (non-hydrogen) atoms. The molecule has 260 valence electrons. The first kappa shape index (κ1) is 32.8. The van der Waals surface area contributed by atoms with Crippen molar-refractivity contribution in [1.29, 1.82) is 0 Å². The summed E-state index contributed by atoms with van der Waals surface area (Å²) >= 11 is 0. The van der Waals surface area contributed by atoms with Gasteiger partial charge in [-0.25, -0.2) is 0 Å². The summed E-state index contributed by atoms with van der Waals surface area (Å²) in [5.41, 5.74) is 2.77. The van der Waals surface area contributed by atoms with Crippen molar-refractivity contribution < 1.29 is 24.5 Å². The van der Waals surface area contributed by atoms with Crippen LogP contribution in [0.15, 0.2) is 24.3 Å². The van der Waals surface area contributed by atoms with Crippen LogP contribution in [0, 0.1) is 68.0 Å². The van der Waals surface area contributed by atoms with Gasteiger partial charge < -0.3 is 19.7 Å². The average Bonchev–Trinajstić information content (AvgIpc) is 3.14. The van der Waals surface area contributed by atoms with Gasteiger partial charge >= 0.3 is 5.97 Å². The summed E-state index contributed by atoms with van der Waals surface area (Å²) in [5.74, 6) is 1.30. The van der Waals surface area contributed by atoms with Crippen LogP contribution in [-0.4, -0.2) is 41.8 Å². The minimum Gasteiger partial charge on any atom is -0.481 e. The molecule has 0 aromatic heterocycles. The minimum atomic E-state index is -1.02. The summed E-state index contributed by atoms with van der Waals surface area (Å²) in [6.07, 6.45) is 13.8. The van der Waals surface area contributed by atoms with Crippen molar-refractivity contribution in [1.82, 2.24) is 0 Å². The lowest BCUT2D eigenvalue weighted by Gasteiger charge is -2.78. The Balaban J connectivity index is 1.17. The smallest absolute Gasteiger partial charge is 0.309 e. The highest BCUT2D eigenvalue weighted by atomic mass is 16.6. The third-order valence-electron chi connectivity index (χ3n) is 18.1. The van der Waals surface area contributed by atoms with E-state index in [0.29, 0.717) is 29.6 Å². The number of methoxy groups -OCH3 is 1. The highest BCUT2D eigenvalue weighted by molar-refractivity contribution is 5.74. The Morgan fingerprint density at radius 1 is 0.872 bits per heavy atom. The molecule has 0 amide bonds. The number of carbonyl (C=O) groups is 1. The summed E-state index contributed by atoms with van der Waals surface area (Å²) < 4.78 is 12.3. The predicted octanol–water partition coefficient (Wildman–Crippen LogP) is 8.70. The van der Waals surface area contributed by atoms with Crippen molar-refractivity contribution in [3.05, 3.63) is 35.4 Å². The van der Waals surface area contributed by atoms with Crippen molar-refractivity contribution in [2.24, 2.45) is 68.0 Å². The zero-order chi connectivity index (χ0) is 33.4. The van der Waals surface area contributed by atoms with E-state index in [9.17, 15) is 15.0 Å². The Bertz CT molecular complexity index is 1420. The molecule has 7 fully saturated rings. The van der Waals surface area contributed by atoms with Gasteiger partial charge in [0.1, 0.15) is 0 Å². The largest absolute Gasteiger partial charge is 0.481 e. The van der Waals surface area contributed by atoms with Gasteiger partial charge in [-0.05, 0) is 146 Å². The molecule has 1 heterocycles. The van der Waals surface area contributed by atoms with Crippen LogP contribution in [0.4, 0.5) is 0 Å². The van der Waals surface area contributed by atoms with Crippen molar-refractivity contribution in [3.8, 4) is 0 Å². The van der Waals surface area contributed by atoms with Crippen LogP contribution < -0.4 is 0 Å². The second-order valence-electron chi connectivity index (χ2n) is 19.5. The fraction of sp³-hybridized carbons (Fsp3) is 0.833. The van der Waals surface area contributed by atoms with Crippen molar-refractivity contribution in [2.75, 3.05) is 13.7 Å². The lowest BCUT2D eigenvalue weighted by atomic mass is 9.26. The molecule has 6 aliphatic carbocycles. The van der Waals surface area contributed by atoms with Crippen LogP contribution >= 0.6 is 0 Å². The number of carboxylic acids is 1. The number of aliphatic carboxylic acids is 1. The van der Waals surface area contributed by atoms with E-state index in [-0.39, 0.29) is 39.1 Å².